The Labute approximate surface area is 162 Å². The SMILES string of the molecule is COc1ccc(/C=C/C(=O)c2ccc(OCCCS(=O)(=O)O)cc2O)cc1O. The van der Waals surface area contributed by atoms with Crippen LogP contribution >= 0.6 is 0 Å². The van der Waals surface area contributed by atoms with Crippen molar-refractivity contribution in [3.8, 4) is 23.0 Å². The van der Waals surface area contributed by atoms with Crippen molar-refractivity contribution >= 4 is 22.0 Å². The molecule has 0 aliphatic carbocycles. The number of carbonyl (C=O) groups is 1. The predicted octanol–water partition coefficient (Wildman–Crippen LogP) is 2.66. The van der Waals surface area contributed by atoms with E-state index in [0.717, 1.165) is 0 Å². The quantitative estimate of drug-likeness (QED) is 0.250. The molecule has 8 nitrogen and oxygen atoms in total. The average molecular weight is 408 g/mol. The van der Waals surface area contributed by atoms with Gasteiger partial charge in [-0.05, 0) is 42.3 Å². The first kappa shape index (κ1) is 21.3. The molecular weight excluding hydrogens is 388 g/mol. The van der Waals surface area contributed by atoms with Crippen molar-refractivity contribution in [2.75, 3.05) is 19.5 Å². The normalized spacial score (nSPS) is 11.5. The lowest BCUT2D eigenvalue weighted by Crippen LogP contribution is -2.08. The van der Waals surface area contributed by atoms with Crippen LogP contribution in [0.1, 0.15) is 22.3 Å². The van der Waals surface area contributed by atoms with Gasteiger partial charge in [-0.2, -0.15) is 8.42 Å². The van der Waals surface area contributed by atoms with Crippen molar-refractivity contribution in [1.82, 2.24) is 0 Å². The Morgan fingerprint density at radius 3 is 2.46 bits per heavy atom. The average Bonchev–Trinajstić information content (AvgIpc) is 2.63. The van der Waals surface area contributed by atoms with E-state index in [4.69, 9.17) is 14.0 Å². The lowest BCUT2D eigenvalue weighted by molar-refractivity contribution is 0.104. The van der Waals surface area contributed by atoms with Crippen LogP contribution in [0.3, 0.4) is 0 Å². The number of hydrogen-bond acceptors (Lipinski definition) is 7. The molecular formula is C19H20O8S. The molecule has 2 rings (SSSR count). The van der Waals surface area contributed by atoms with Crippen LogP contribution in [-0.4, -0.2) is 48.4 Å². The third-order valence-corrected chi connectivity index (χ3v) is 4.48. The van der Waals surface area contributed by atoms with E-state index in [0.29, 0.717) is 11.3 Å². The highest BCUT2D eigenvalue weighted by Gasteiger charge is 2.10. The molecule has 0 aliphatic heterocycles. The molecule has 0 unspecified atom stereocenters. The second-order valence-corrected chi connectivity index (χ2v) is 7.37. The maximum atomic E-state index is 12.3. The topological polar surface area (TPSA) is 130 Å². The monoisotopic (exact) mass is 408 g/mol. The van der Waals surface area contributed by atoms with Gasteiger partial charge in [0, 0.05) is 6.07 Å². The number of methoxy groups -OCH3 is 1. The third kappa shape index (κ3) is 6.29. The minimum atomic E-state index is -4.04. The molecule has 0 saturated carbocycles. The van der Waals surface area contributed by atoms with Crippen molar-refractivity contribution in [2.45, 2.75) is 6.42 Å². The van der Waals surface area contributed by atoms with Crippen LogP contribution in [0, 0.1) is 0 Å². The van der Waals surface area contributed by atoms with Gasteiger partial charge in [-0.1, -0.05) is 12.1 Å². The van der Waals surface area contributed by atoms with Crippen LogP contribution in [-0.2, 0) is 10.1 Å². The summed E-state index contributed by atoms with van der Waals surface area (Å²) in [5.74, 6) is -0.663. The largest absolute Gasteiger partial charge is 0.507 e. The number of allylic oxidation sites excluding steroid dienone is 1. The molecule has 0 bridgehead atoms. The molecule has 2 aromatic carbocycles. The summed E-state index contributed by atoms with van der Waals surface area (Å²) in [6, 6.07) is 8.75. The Balaban J connectivity index is 2.00. The number of phenolic OH excluding ortho intramolecular Hbond substituents is 2. The zero-order chi connectivity index (χ0) is 20.7. The fourth-order valence-corrected chi connectivity index (χ4v) is 2.80. The molecule has 0 amide bonds. The highest BCUT2D eigenvalue weighted by atomic mass is 32.2. The van der Waals surface area contributed by atoms with E-state index >= 15 is 0 Å². The zero-order valence-corrected chi connectivity index (χ0v) is 15.8. The highest BCUT2D eigenvalue weighted by molar-refractivity contribution is 7.85. The Hall–Kier alpha value is -3.04. The van der Waals surface area contributed by atoms with Crippen molar-refractivity contribution in [2.24, 2.45) is 0 Å². The van der Waals surface area contributed by atoms with Crippen LogP contribution in [0.15, 0.2) is 42.5 Å². The molecule has 150 valence electrons. The molecule has 0 spiro atoms. The fraction of sp³-hybridized carbons (Fsp3) is 0.211. The molecule has 2 aromatic rings. The molecule has 3 N–H and O–H groups in total. The predicted molar refractivity (Wildman–Crippen MR) is 103 cm³/mol. The van der Waals surface area contributed by atoms with Gasteiger partial charge < -0.3 is 19.7 Å². The Kier molecular flexibility index (Phi) is 7.02. The van der Waals surface area contributed by atoms with E-state index in [1.807, 2.05) is 0 Å². The van der Waals surface area contributed by atoms with Crippen LogP contribution in [0.5, 0.6) is 23.0 Å². The smallest absolute Gasteiger partial charge is 0.264 e. The molecule has 0 aromatic heterocycles. The van der Waals surface area contributed by atoms with Gasteiger partial charge in [-0.25, -0.2) is 0 Å². The fourth-order valence-electron chi connectivity index (χ4n) is 2.31. The Morgan fingerprint density at radius 2 is 1.86 bits per heavy atom. The summed E-state index contributed by atoms with van der Waals surface area (Å²) in [5.41, 5.74) is 0.629. The number of benzene rings is 2. The van der Waals surface area contributed by atoms with Crippen molar-refractivity contribution < 1.29 is 37.5 Å². The molecule has 0 saturated heterocycles. The summed E-state index contributed by atoms with van der Waals surface area (Å²) >= 11 is 0. The Morgan fingerprint density at radius 1 is 1.11 bits per heavy atom. The van der Waals surface area contributed by atoms with Gasteiger partial charge in [0.25, 0.3) is 10.1 Å². The molecule has 28 heavy (non-hydrogen) atoms. The Bertz CT molecular complexity index is 979. The summed E-state index contributed by atoms with van der Waals surface area (Å²) in [6.45, 7) is 0.0212. The summed E-state index contributed by atoms with van der Waals surface area (Å²) in [7, 11) is -2.62. The van der Waals surface area contributed by atoms with Gasteiger partial charge in [-0.3, -0.25) is 9.35 Å². The molecule has 9 heteroatoms. The van der Waals surface area contributed by atoms with Gasteiger partial charge >= 0.3 is 0 Å². The molecule has 0 aliphatic rings. The van der Waals surface area contributed by atoms with E-state index in [2.05, 4.69) is 0 Å². The summed E-state index contributed by atoms with van der Waals surface area (Å²) < 4.78 is 40.1. The minimum Gasteiger partial charge on any atom is -0.507 e. The van der Waals surface area contributed by atoms with Crippen molar-refractivity contribution in [3.63, 3.8) is 0 Å². The number of ketones is 1. The third-order valence-electron chi connectivity index (χ3n) is 3.68. The second kappa shape index (κ2) is 9.25. The van der Waals surface area contributed by atoms with E-state index in [1.165, 1.54) is 43.5 Å². The molecule has 0 fully saturated rings. The van der Waals surface area contributed by atoms with Gasteiger partial charge in [0.05, 0.1) is 25.0 Å². The maximum Gasteiger partial charge on any atom is 0.264 e. The minimum absolute atomic E-state index is 0.0212. The van der Waals surface area contributed by atoms with E-state index < -0.39 is 21.7 Å². The van der Waals surface area contributed by atoms with Crippen LogP contribution < -0.4 is 9.47 Å². The first-order valence-electron chi connectivity index (χ1n) is 8.20. The number of hydrogen-bond donors (Lipinski definition) is 3. The van der Waals surface area contributed by atoms with Gasteiger partial charge in [0.15, 0.2) is 17.3 Å². The van der Waals surface area contributed by atoms with Crippen LogP contribution in [0.4, 0.5) is 0 Å². The second-order valence-electron chi connectivity index (χ2n) is 5.80. The highest BCUT2D eigenvalue weighted by Crippen LogP contribution is 2.27. The van der Waals surface area contributed by atoms with E-state index in [-0.39, 0.29) is 35.8 Å². The molecule has 0 atom stereocenters. The van der Waals surface area contributed by atoms with Crippen LogP contribution in [0.25, 0.3) is 6.08 Å². The number of phenols is 2. The molecule has 0 radical (unpaired) electrons. The van der Waals surface area contributed by atoms with E-state index in [1.54, 1.807) is 12.1 Å². The zero-order valence-electron chi connectivity index (χ0n) is 15.0. The number of aromatic hydroxyl groups is 2. The number of ether oxygens (including phenoxy) is 2. The van der Waals surface area contributed by atoms with Gasteiger partial charge in [0.1, 0.15) is 11.5 Å². The first-order valence-corrected chi connectivity index (χ1v) is 9.81. The molecule has 0 heterocycles. The van der Waals surface area contributed by atoms with Crippen molar-refractivity contribution in [3.05, 3.63) is 53.6 Å². The van der Waals surface area contributed by atoms with Gasteiger partial charge in [-0.15, -0.1) is 0 Å². The first-order chi connectivity index (χ1) is 13.2. The van der Waals surface area contributed by atoms with E-state index in [9.17, 15) is 23.4 Å². The number of rotatable bonds is 9. The number of carbonyl (C=O) groups excluding carboxylic acids is 1. The van der Waals surface area contributed by atoms with Gasteiger partial charge in [0.2, 0.25) is 0 Å². The lowest BCUT2D eigenvalue weighted by Gasteiger charge is -2.08. The maximum absolute atomic E-state index is 12.3. The van der Waals surface area contributed by atoms with Crippen molar-refractivity contribution in [1.29, 1.82) is 0 Å². The summed E-state index contributed by atoms with van der Waals surface area (Å²) in [4.78, 5) is 12.3. The lowest BCUT2D eigenvalue weighted by atomic mass is 10.1. The summed E-state index contributed by atoms with van der Waals surface area (Å²) in [5, 5.41) is 19.8. The van der Waals surface area contributed by atoms with Crippen LogP contribution in [0.2, 0.25) is 0 Å². The standard InChI is InChI=1S/C19H20O8S/c1-26-19-8-4-13(11-18(19)22)3-7-16(20)15-6-5-14(12-17(15)21)27-9-2-10-28(23,24)25/h3-8,11-12,21-22H,2,9-10H2,1H3,(H,23,24,25)/b7-3+. The summed E-state index contributed by atoms with van der Waals surface area (Å²) in [6.07, 6.45) is 2.82.